The van der Waals surface area contributed by atoms with Crippen molar-refractivity contribution in [2.24, 2.45) is 5.73 Å². The number of likely N-dealkylation sites (tertiary alicyclic amines) is 1. The third-order valence-corrected chi connectivity index (χ3v) is 6.66. The van der Waals surface area contributed by atoms with E-state index in [0.717, 1.165) is 57.9 Å². The Morgan fingerprint density at radius 2 is 1.86 bits per heavy atom. The fourth-order valence-corrected chi connectivity index (χ4v) is 5.16. The highest BCUT2D eigenvalue weighted by Gasteiger charge is 2.39. The molecule has 29 heavy (non-hydrogen) atoms. The maximum atomic E-state index is 6.71. The van der Waals surface area contributed by atoms with E-state index in [4.69, 9.17) is 10.5 Å². The number of nitrogens with one attached hydrogen (secondary N) is 1. The minimum Gasteiger partial charge on any atom is -0.484 e. The zero-order valence-electron chi connectivity index (χ0n) is 17.1. The maximum absolute atomic E-state index is 6.71. The normalized spacial score (nSPS) is 27.6. The minimum atomic E-state index is 0.0646. The van der Waals surface area contributed by atoms with E-state index >= 15 is 0 Å². The molecule has 0 spiro atoms. The van der Waals surface area contributed by atoms with Crippen molar-refractivity contribution in [2.45, 2.75) is 37.5 Å². The number of fused-ring (bicyclic) bond motifs is 1. The molecule has 3 aliphatic rings. The highest BCUT2D eigenvalue weighted by molar-refractivity contribution is 5.51. The highest BCUT2D eigenvalue weighted by atomic mass is 16.5. The third kappa shape index (κ3) is 4.00. The minimum absolute atomic E-state index is 0.0646. The summed E-state index contributed by atoms with van der Waals surface area (Å²) in [5.41, 5.74) is 10.3. The number of hydrogen-bond donors (Lipinski definition) is 2. The molecule has 2 fully saturated rings. The first kappa shape index (κ1) is 18.9. The van der Waals surface area contributed by atoms with Crippen molar-refractivity contribution in [3.8, 4) is 5.75 Å². The van der Waals surface area contributed by atoms with Crippen molar-refractivity contribution < 1.29 is 4.74 Å². The Morgan fingerprint density at radius 3 is 2.72 bits per heavy atom. The maximum Gasteiger partial charge on any atom is 0.140 e. The standard InChI is InChI=1S/C24H32N4O/c25-19-6-4-12-28(17-19)23-15-18-5-1-2-9-22(18)24(23)29-21-8-3-7-20(16-21)27-13-10-26-11-14-27/h1-3,5,7-9,16,19,23-24,26H,4,6,10-15,17,25H2/t19-,23+,24+/m0/s1. The summed E-state index contributed by atoms with van der Waals surface area (Å²) in [6.07, 6.45) is 3.42. The molecule has 0 saturated carbocycles. The fourth-order valence-electron chi connectivity index (χ4n) is 5.16. The Balaban J connectivity index is 1.40. The van der Waals surface area contributed by atoms with Crippen LogP contribution in [0, 0.1) is 0 Å². The molecule has 0 radical (unpaired) electrons. The first-order chi connectivity index (χ1) is 14.3. The van der Waals surface area contributed by atoms with E-state index in [1.54, 1.807) is 0 Å². The van der Waals surface area contributed by atoms with E-state index in [1.807, 2.05) is 0 Å². The number of hydrogen-bond acceptors (Lipinski definition) is 5. The molecule has 1 aliphatic carbocycles. The van der Waals surface area contributed by atoms with Crippen molar-refractivity contribution in [3.05, 3.63) is 59.7 Å². The zero-order valence-corrected chi connectivity index (χ0v) is 17.1. The van der Waals surface area contributed by atoms with Crippen LogP contribution in [0.15, 0.2) is 48.5 Å². The Kier molecular flexibility index (Phi) is 5.44. The molecule has 5 heteroatoms. The van der Waals surface area contributed by atoms with Crippen LogP contribution in [0.2, 0.25) is 0 Å². The third-order valence-electron chi connectivity index (χ3n) is 6.66. The summed E-state index contributed by atoms with van der Waals surface area (Å²) >= 11 is 0. The first-order valence-electron chi connectivity index (χ1n) is 11.1. The van der Waals surface area contributed by atoms with Gasteiger partial charge in [-0.05, 0) is 49.1 Å². The molecule has 0 unspecified atom stereocenters. The van der Waals surface area contributed by atoms with Crippen LogP contribution in [-0.2, 0) is 6.42 Å². The number of rotatable bonds is 4. The van der Waals surface area contributed by atoms with E-state index in [0.29, 0.717) is 6.04 Å². The molecule has 5 rings (SSSR count). The number of nitrogens with two attached hydrogens (primary N) is 1. The summed E-state index contributed by atoms with van der Waals surface area (Å²) in [4.78, 5) is 5.01. The van der Waals surface area contributed by atoms with Gasteiger partial charge in [0.15, 0.2) is 0 Å². The summed E-state index contributed by atoms with van der Waals surface area (Å²) in [5, 5.41) is 3.43. The lowest BCUT2D eigenvalue weighted by Crippen LogP contribution is -2.49. The molecular weight excluding hydrogens is 360 g/mol. The molecule has 0 bridgehead atoms. The van der Waals surface area contributed by atoms with Gasteiger partial charge in [-0.25, -0.2) is 0 Å². The van der Waals surface area contributed by atoms with Crippen LogP contribution in [0.5, 0.6) is 5.75 Å². The van der Waals surface area contributed by atoms with Gasteiger partial charge in [0.2, 0.25) is 0 Å². The van der Waals surface area contributed by atoms with Crippen molar-refractivity contribution in [1.29, 1.82) is 0 Å². The molecule has 2 saturated heterocycles. The van der Waals surface area contributed by atoms with E-state index in [1.165, 1.54) is 23.2 Å². The Bertz CT molecular complexity index is 835. The Morgan fingerprint density at radius 1 is 1.00 bits per heavy atom. The van der Waals surface area contributed by atoms with E-state index in [-0.39, 0.29) is 12.1 Å². The quantitative estimate of drug-likeness (QED) is 0.838. The number of piperazine rings is 1. The van der Waals surface area contributed by atoms with Crippen LogP contribution in [-0.4, -0.2) is 56.3 Å². The van der Waals surface area contributed by atoms with Crippen LogP contribution in [0.1, 0.15) is 30.1 Å². The number of ether oxygens (including phenoxy) is 1. The van der Waals surface area contributed by atoms with Gasteiger partial charge < -0.3 is 20.7 Å². The zero-order chi connectivity index (χ0) is 19.6. The van der Waals surface area contributed by atoms with Gasteiger partial charge in [0, 0.05) is 50.5 Å². The average molecular weight is 393 g/mol. The summed E-state index contributed by atoms with van der Waals surface area (Å²) in [6.45, 7) is 6.26. The molecule has 3 N–H and O–H groups in total. The molecule has 154 valence electrons. The van der Waals surface area contributed by atoms with Crippen LogP contribution in [0.3, 0.4) is 0 Å². The van der Waals surface area contributed by atoms with Gasteiger partial charge in [0.05, 0.1) is 6.04 Å². The Hall–Kier alpha value is -2.08. The summed E-state index contributed by atoms with van der Waals surface area (Å²) in [6, 6.07) is 18.1. The molecule has 2 aromatic rings. The van der Waals surface area contributed by atoms with Gasteiger partial charge in [-0.1, -0.05) is 30.3 Å². The lowest BCUT2D eigenvalue weighted by Gasteiger charge is -2.38. The number of anilines is 1. The fraction of sp³-hybridized carbons (Fsp3) is 0.500. The number of benzene rings is 2. The molecule has 3 atom stereocenters. The van der Waals surface area contributed by atoms with Gasteiger partial charge in [0.1, 0.15) is 11.9 Å². The predicted octanol–water partition coefficient (Wildman–Crippen LogP) is 2.56. The van der Waals surface area contributed by atoms with E-state index < -0.39 is 0 Å². The number of nitrogens with zero attached hydrogens (tertiary/aromatic N) is 2. The van der Waals surface area contributed by atoms with Crippen molar-refractivity contribution in [2.75, 3.05) is 44.2 Å². The topological polar surface area (TPSA) is 53.8 Å². The van der Waals surface area contributed by atoms with Crippen LogP contribution < -0.4 is 20.7 Å². The second-order valence-corrected chi connectivity index (χ2v) is 8.64. The molecule has 0 aromatic heterocycles. The summed E-state index contributed by atoms with van der Waals surface area (Å²) in [5.74, 6) is 0.967. The number of piperidine rings is 1. The molecular formula is C24H32N4O. The molecule has 2 aliphatic heterocycles. The average Bonchev–Trinajstić information content (AvgIpc) is 3.13. The second-order valence-electron chi connectivity index (χ2n) is 8.64. The lowest BCUT2D eigenvalue weighted by molar-refractivity contribution is 0.0593. The smallest absolute Gasteiger partial charge is 0.140 e. The largest absolute Gasteiger partial charge is 0.484 e. The van der Waals surface area contributed by atoms with Crippen molar-refractivity contribution in [3.63, 3.8) is 0 Å². The molecule has 5 nitrogen and oxygen atoms in total. The molecule has 2 heterocycles. The van der Waals surface area contributed by atoms with Crippen LogP contribution in [0.25, 0.3) is 0 Å². The van der Waals surface area contributed by atoms with Crippen LogP contribution >= 0.6 is 0 Å². The SMILES string of the molecule is N[C@H]1CCCN([C@@H]2Cc3ccccc3[C@H]2Oc2cccc(N3CCNCC3)c2)C1. The van der Waals surface area contributed by atoms with E-state index in [9.17, 15) is 0 Å². The second kappa shape index (κ2) is 8.34. The first-order valence-corrected chi connectivity index (χ1v) is 11.1. The van der Waals surface area contributed by atoms with Gasteiger partial charge in [-0.15, -0.1) is 0 Å². The van der Waals surface area contributed by atoms with Crippen LogP contribution in [0.4, 0.5) is 5.69 Å². The monoisotopic (exact) mass is 392 g/mol. The van der Waals surface area contributed by atoms with Gasteiger partial charge in [-0.3, -0.25) is 4.90 Å². The highest BCUT2D eigenvalue weighted by Crippen LogP contribution is 2.39. The molecule has 2 aromatic carbocycles. The summed E-state index contributed by atoms with van der Waals surface area (Å²) < 4.78 is 6.71. The van der Waals surface area contributed by atoms with Gasteiger partial charge in [-0.2, -0.15) is 0 Å². The Labute approximate surface area is 173 Å². The van der Waals surface area contributed by atoms with Gasteiger partial charge >= 0.3 is 0 Å². The van der Waals surface area contributed by atoms with Crippen molar-refractivity contribution in [1.82, 2.24) is 10.2 Å². The summed E-state index contributed by atoms with van der Waals surface area (Å²) in [7, 11) is 0. The van der Waals surface area contributed by atoms with Crippen molar-refractivity contribution >= 4 is 5.69 Å². The van der Waals surface area contributed by atoms with Gasteiger partial charge in [0.25, 0.3) is 0 Å². The predicted molar refractivity (Wildman–Crippen MR) is 118 cm³/mol. The molecule has 0 amide bonds. The lowest BCUT2D eigenvalue weighted by atomic mass is 10.0. The van der Waals surface area contributed by atoms with E-state index in [2.05, 4.69) is 63.6 Å².